The highest BCUT2D eigenvalue weighted by atomic mass is 16.6. The molecule has 33 heavy (non-hydrogen) atoms. The molecule has 4 aromatic rings. The molecule has 2 N–H and O–H groups in total. The molecule has 3 aromatic carbocycles. The molecule has 8 heteroatoms. The first kappa shape index (κ1) is 21.6. The summed E-state index contributed by atoms with van der Waals surface area (Å²) in [5.41, 5.74) is 3.89. The fourth-order valence-corrected chi connectivity index (χ4v) is 3.33. The minimum atomic E-state index is -0.493. The third-order valence-electron chi connectivity index (χ3n) is 4.98. The van der Waals surface area contributed by atoms with E-state index in [1.807, 2.05) is 49.4 Å². The molecule has 0 atom stereocenters. The van der Waals surface area contributed by atoms with Crippen molar-refractivity contribution in [3.8, 4) is 11.3 Å². The Labute approximate surface area is 190 Å². The number of nitrogens with one attached hydrogen (secondary N) is 2. The molecule has 0 saturated heterocycles. The van der Waals surface area contributed by atoms with Crippen LogP contribution in [0.3, 0.4) is 0 Å². The van der Waals surface area contributed by atoms with Crippen LogP contribution >= 0.6 is 0 Å². The summed E-state index contributed by atoms with van der Waals surface area (Å²) < 4.78 is 0. The second kappa shape index (κ2) is 9.27. The predicted molar refractivity (Wildman–Crippen MR) is 128 cm³/mol. The SMILES string of the molecule is Cc1nc(Nc2cccc(C(=O)Nc3cc([N+](=O)[O-])ccc3C)c2)cc(-c2ccccc2)n1. The molecule has 0 aliphatic heterocycles. The molecule has 0 aliphatic carbocycles. The van der Waals surface area contributed by atoms with Crippen molar-refractivity contribution < 1.29 is 9.72 Å². The first-order valence-corrected chi connectivity index (χ1v) is 10.2. The summed E-state index contributed by atoms with van der Waals surface area (Å²) in [6.07, 6.45) is 0. The summed E-state index contributed by atoms with van der Waals surface area (Å²) in [5.74, 6) is 0.855. The van der Waals surface area contributed by atoms with Gasteiger partial charge in [0.1, 0.15) is 11.6 Å². The second-order valence-corrected chi connectivity index (χ2v) is 7.47. The molecule has 0 radical (unpaired) electrons. The number of anilines is 3. The first-order chi connectivity index (χ1) is 15.9. The van der Waals surface area contributed by atoms with Crippen LogP contribution in [0.2, 0.25) is 0 Å². The number of hydrogen-bond donors (Lipinski definition) is 2. The van der Waals surface area contributed by atoms with Crippen molar-refractivity contribution in [3.05, 3.63) is 106 Å². The van der Waals surface area contributed by atoms with Crippen LogP contribution in [0.1, 0.15) is 21.7 Å². The molecular formula is C25H21N5O3. The van der Waals surface area contributed by atoms with Crippen molar-refractivity contribution >= 4 is 28.8 Å². The number of nitrogens with zero attached hydrogens (tertiary/aromatic N) is 3. The number of benzene rings is 3. The number of hydrogen-bond acceptors (Lipinski definition) is 6. The van der Waals surface area contributed by atoms with E-state index < -0.39 is 4.92 Å². The largest absolute Gasteiger partial charge is 0.340 e. The van der Waals surface area contributed by atoms with Crippen LogP contribution in [0, 0.1) is 24.0 Å². The van der Waals surface area contributed by atoms with E-state index >= 15 is 0 Å². The van der Waals surface area contributed by atoms with Crippen molar-refractivity contribution in [2.24, 2.45) is 0 Å². The number of amides is 1. The van der Waals surface area contributed by atoms with Crippen molar-refractivity contribution in [1.29, 1.82) is 0 Å². The Kier molecular flexibility index (Phi) is 6.08. The number of carbonyl (C=O) groups excluding carboxylic acids is 1. The van der Waals surface area contributed by atoms with Gasteiger partial charge in [-0.05, 0) is 37.6 Å². The maximum absolute atomic E-state index is 12.8. The van der Waals surface area contributed by atoms with Gasteiger partial charge in [0.25, 0.3) is 11.6 Å². The topological polar surface area (TPSA) is 110 Å². The van der Waals surface area contributed by atoms with Gasteiger partial charge in [0.2, 0.25) is 0 Å². The first-order valence-electron chi connectivity index (χ1n) is 10.2. The van der Waals surface area contributed by atoms with Crippen molar-refractivity contribution in [2.45, 2.75) is 13.8 Å². The molecular weight excluding hydrogens is 418 g/mol. The highest BCUT2D eigenvalue weighted by Crippen LogP contribution is 2.25. The number of nitro groups is 1. The Balaban J connectivity index is 1.55. The molecule has 1 amide bonds. The molecule has 8 nitrogen and oxygen atoms in total. The zero-order valence-electron chi connectivity index (χ0n) is 18.1. The van der Waals surface area contributed by atoms with Crippen molar-refractivity contribution in [3.63, 3.8) is 0 Å². The molecule has 4 rings (SSSR count). The molecule has 1 aromatic heterocycles. The summed E-state index contributed by atoms with van der Waals surface area (Å²) in [6, 6.07) is 23.0. The molecule has 0 spiro atoms. The molecule has 0 saturated carbocycles. The minimum Gasteiger partial charge on any atom is -0.340 e. The summed E-state index contributed by atoms with van der Waals surface area (Å²) in [6.45, 7) is 3.60. The lowest BCUT2D eigenvalue weighted by Gasteiger charge is -2.11. The second-order valence-electron chi connectivity index (χ2n) is 7.47. The third kappa shape index (κ3) is 5.19. The van der Waals surface area contributed by atoms with Gasteiger partial charge in [0, 0.05) is 35.0 Å². The number of non-ortho nitro benzene ring substituents is 1. The van der Waals surface area contributed by atoms with E-state index in [-0.39, 0.29) is 11.6 Å². The smallest absolute Gasteiger partial charge is 0.271 e. The fraction of sp³-hybridized carbons (Fsp3) is 0.0800. The summed E-state index contributed by atoms with van der Waals surface area (Å²) in [7, 11) is 0. The van der Waals surface area contributed by atoms with Crippen molar-refractivity contribution in [1.82, 2.24) is 9.97 Å². The minimum absolute atomic E-state index is 0.0836. The lowest BCUT2D eigenvalue weighted by atomic mass is 10.1. The monoisotopic (exact) mass is 439 g/mol. The van der Waals surface area contributed by atoms with E-state index in [0.717, 1.165) is 16.8 Å². The average Bonchev–Trinajstić information content (AvgIpc) is 2.80. The summed E-state index contributed by atoms with van der Waals surface area (Å²) in [5, 5.41) is 17.0. The molecule has 0 unspecified atom stereocenters. The van der Waals surface area contributed by atoms with Gasteiger partial charge < -0.3 is 10.6 Å². The van der Waals surface area contributed by atoms with Gasteiger partial charge in [-0.3, -0.25) is 14.9 Å². The summed E-state index contributed by atoms with van der Waals surface area (Å²) >= 11 is 0. The zero-order valence-corrected chi connectivity index (χ0v) is 18.1. The van der Waals surface area contributed by atoms with Gasteiger partial charge in [-0.1, -0.05) is 42.5 Å². The molecule has 0 bridgehead atoms. The molecule has 0 aliphatic rings. The molecule has 1 heterocycles. The predicted octanol–water partition coefficient (Wildman–Crippen LogP) is 5.66. The maximum Gasteiger partial charge on any atom is 0.271 e. The van der Waals surface area contributed by atoms with Crippen LogP contribution in [0.5, 0.6) is 0 Å². The number of rotatable bonds is 6. The van der Waals surface area contributed by atoms with E-state index in [1.165, 1.54) is 12.1 Å². The van der Waals surface area contributed by atoms with E-state index in [9.17, 15) is 14.9 Å². The summed E-state index contributed by atoms with van der Waals surface area (Å²) in [4.78, 5) is 32.3. The van der Waals surface area contributed by atoms with E-state index in [2.05, 4.69) is 20.6 Å². The lowest BCUT2D eigenvalue weighted by molar-refractivity contribution is -0.384. The fourth-order valence-electron chi connectivity index (χ4n) is 3.33. The van der Waals surface area contributed by atoms with Crippen LogP contribution < -0.4 is 10.6 Å². The van der Waals surface area contributed by atoms with E-state index in [1.54, 1.807) is 31.2 Å². The van der Waals surface area contributed by atoms with Crippen LogP contribution in [0.15, 0.2) is 78.9 Å². The van der Waals surface area contributed by atoms with Gasteiger partial charge in [-0.25, -0.2) is 9.97 Å². The maximum atomic E-state index is 12.8. The van der Waals surface area contributed by atoms with Gasteiger partial charge in [-0.2, -0.15) is 0 Å². The van der Waals surface area contributed by atoms with E-state index in [4.69, 9.17) is 0 Å². The zero-order chi connectivity index (χ0) is 23.4. The Morgan fingerprint density at radius 1 is 0.909 bits per heavy atom. The normalized spacial score (nSPS) is 10.5. The lowest BCUT2D eigenvalue weighted by Crippen LogP contribution is -2.13. The Morgan fingerprint density at radius 3 is 2.45 bits per heavy atom. The number of nitro benzene ring substituents is 1. The standard InChI is InChI=1S/C25H21N5O3/c1-16-11-12-21(30(32)33)14-22(16)29-25(31)19-9-6-10-20(13-19)28-24-15-23(26-17(2)27-24)18-7-4-3-5-8-18/h3-15H,1-2H3,(H,29,31)(H,26,27,28). The quantitative estimate of drug-likeness (QED) is 0.296. The number of aryl methyl sites for hydroxylation is 2. The van der Waals surface area contributed by atoms with E-state index in [0.29, 0.717) is 28.6 Å². The number of aromatic nitrogens is 2. The Morgan fingerprint density at radius 2 is 1.70 bits per heavy atom. The van der Waals surface area contributed by atoms with Crippen LogP contribution in [-0.2, 0) is 0 Å². The van der Waals surface area contributed by atoms with Crippen LogP contribution in [0.4, 0.5) is 22.9 Å². The number of carbonyl (C=O) groups is 1. The Hall–Kier alpha value is -4.59. The van der Waals surface area contributed by atoms with Gasteiger partial charge in [0.15, 0.2) is 0 Å². The molecule has 0 fully saturated rings. The van der Waals surface area contributed by atoms with Gasteiger partial charge >= 0.3 is 0 Å². The van der Waals surface area contributed by atoms with Gasteiger partial charge in [0.05, 0.1) is 16.3 Å². The highest BCUT2D eigenvalue weighted by Gasteiger charge is 2.13. The highest BCUT2D eigenvalue weighted by molar-refractivity contribution is 6.05. The van der Waals surface area contributed by atoms with Crippen molar-refractivity contribution in [2.75, 3.05) is 10.6 Å². The van der Waals surface area contributed by atoms with Crippen LogP contribution in [0.25, 0.3) is 11.3 Å². The van der Waals surface area contributed by atoms with Crippen LogP contribution in [-0.4, -0.2) is 20.8 Å². The Bertz CT molecular complexity index is 1340. The average molecular weight is 439 g/mol. The third-order valence-corrected chi connectivity index (χ3v) is 4.98. The van der Waals surface area contributed by atoms with Gasteiger partial charge in [-0.15, -0.1) is 0 Å². The molecule has 164 valence electrons.